The van der Waals surface area contributed by atoms with Gasteiger partial charge in [-0.3, -0.25) is 9.59 Å². The molecule has 106 valence electrons. The third-order valence-electron chi connectivity index (χ3n) is 5.44. The van der Waals surface area contributed by atoms with Gasteiger partial charge in [-0.2, -0.15) is 0 Å². The van der Waals surface area contributed by atoms with Gasteiger partial charge in [0.2, 0.25) is 5.91 Å². The molecular weight excluding hydrogens is 242 g/mol. The van der Waals surface area contributed by atoms with Crippen LogP contribution in [0.25, 0.3) is 0 Å². The molecule has 19 heavy (non-hydrogen) atoms. The molecule has 0 aromatic heterocycles. The summed E-state index contributed by atoms with van der Waals surface area (Å²) in [5.74, 6) is 1.32. The van der Waals surface area contributed by atoms with Crippen LogP contribution in [-0.4, -0.2) is 35.0 Å². The SMILES string of the molecule is O=C(O)[C@H]1CCCN(C(=O)CC2CC3CCC2C3)C1. The average molecular weight is 265 g/mol. The van der Waals surface area contributed by atoms with Gasteiger partial charge in [-0.15, -0.1) is 0 Å². The van der Waals surface area contributed by atoms with Gasteiger partial charge in [0, 0.05) is 19.5 Å². The number of carbonyl (C=O) groups excluding carboxylic acids is 1. The zero-order valence-corrected chi connectivity index (χ0v) is 11.4. The smallest absolute Gasteiger partial charge is 0.308 e. The molecule has 0 radical (unpaired) electrons. The minimum atomic E-state index is -0.752. The Balaban J connectivity index is 1.54. The molecule has 1 aliphatic heterocycles. The highest BCUT2D eigenvalue weighted by atomic mass is 16.4. The number of amides is 1. The van der Waals surface area contributed by atoms with E-state index in [4.69, 9.17) is 5.11 Å². The Morgan fingerprint density at radius 1 is 1.16 bits per heavy atom. The van der Waals surface area contributed by atoms with Gasteiger partial charge in [0.15, 0.2) is 0 Å². The van der Waals surface area contributed by atoms with Crippen molar-refractivity contribution in [2.45, 2.75) is 44.9 Å². The highest BCUT2D eigenvalue weighted by Crippen LogP contribution is 2.49. The number of rotatable bonds is 3. The van der Waals surface area contributed by atoms with Crippen molar-refractivity contribution in [2.24, 2.45) is 23.7 Å². The van der Waals surface area contributed by atoms with E-state index in [9.17, 15) is 9.59 Å². The van der Waals surface area contributed by atoms with Crippen LogP contribution in [0.15, 0.2) is 0 Å². The van der Waals surface area contributed by atoms with Gasteiger partial charge in [0.25, 0.3) is 0 Å². The molecular formula is C15H23NO3. The normalized spacial score (nSPS) is 37.6. The van der Waals surface area contributed by atoms with E-state index in [2.05, 4.69) is 0 Å². The summed E-state index contributed by atoms with van der Waals surface area (Å²) < 4.78 is 0. The lowest BCUT2D eigenvalue weighted by atomic mass is 9.86. The average Bonchev–Trinajstić information content (AvgIpc) is 3.01. The van der Waals surface area contributed by atoms with E-state index < -0.39 is 5.97 Å². The van der Waals surface area contributed by atoms with Crippen LogP contribution < -0.4 is 0 Å². The molecule has 2 aliphatic carbocycles. The van der Waals surface area contributed by atoms with Gasteiger partial charge in [-0.1, -0.05) is 6.42 Å². The van der Waals surface area contributed by atoms with Crippen molar-refractivity contribution in [3.63, 3.8) is 0 Å². The molecule has 0 aromatic rings. The molecule has 1 amide bonds. The molecule has 3 fully saturated rings. The first-order valence-corrected chi connectivity index (χ1v) is 7.64. The van der Waals surface area contributed by atoms with Gasteiger partial charge in [0.1, 0.15) is 0 Å². The number of likely N-dealkylation sites (tertiary alicyclic amines) is 1. The Labute approximate surface area is 114 Å². The Kier molecular flexibility index (Phi) is 3.50. The molecule has 3 aliphatic rings. The van der Waals surface area contributed by atoms with E-state index in [0.717, 1.165) is 24.8 Å². The van der Waals surface area contributed by atoms with Crippen LogP contribution in [0, 0.1) is 23.7 Å². The molecule has 0 spiro atoms. The molecule has 2 saturated carbocycles. The molecule has 1 heterocycles. The number of hydrogen-bond donors (Lipinski definition) is 1. The Bertz CT molecular complexity index is 382. The minimum absolute atomic E-state index is 0.198. The van der Waals surface area contributed by atoms with Gasteiger partial charge in [0.05, 0.1) is 5.92 Å². The maximum atomic E-state index is 12.3. The first-order valence-electron chi connectivity index (χ1n) is 7.64. The fourth-order valence-corrected chi connectivity index (χ4v) is 4.39. The summed E-state index contributed by atoms with van der Waals surface area (Å²) in [6.45, 7) is 1.18. The van der Waals surface area contributed by atoms with Crippen molar-refractivity contribution in [2.75, 3.05) is 13.1 Å². The van der Waals surface area contributed by atoms with Crippen molar-refractivity contribution in [3.8, 4) is 0 Å². The number of carbonyl (C=O) groups is 2. The second-order valence-corrected chi connectivity index (χ2v) is 6.66. The van der Waals surface area contributed by atoms with Crippen LogP contribution >= 0.6 is 0 Å². The molecule has 1 N–H and O–H groups in total. The molecule has 3 unspecified atom stereocenters. The molecule has 4 atom stereocenters. The Morgan fingerprint density at radius 2 is 2.00 bits per heavy atom. The lowest BCUT2D eigenvalue weighted by molar-refractivity contribution is -0.146. The summed E-state index contributed by atoms with van der Waals surface area (Å²) in [5, 5.41) is 9.07. The van der Waals surface area contributed by atoms with Crippen LogP contribution in [0.3, 0.4) is 0 Å². The van der Waals surface area contributed by atoms with E-state index in [1.54, 1.807) is 4.90 Å². The molecule has 1 saturated heterocycles. The van der Waals surface area contributed by atoms with Crippen molar-refractivity contribution in [1.82, 2.24) is 4.90 Å². The standard InChI is InChI=1S/C15H23NO3/c17-14(8-13-7-10-3-4-11(13)6-10)16-5-1-2-12(9-16)15(18)19/h10-13H,1-9H2,(H,18,19)/t10?,11?,12-,13?/m0/s1. The van der Waals surface area contributed by atoms with Crippen molar-refractivity contribution < 1.29 is 14.7 Å². The summed E-state index contributed by atoms with van der Waals surface area (Å²) in [7, 11) is 0. The van der Waals surface area contributed by atoms with Crippen LogP contribution in [0.5, 0.6) is 0 Å². The van der Waals surface area contributed by atoms with E-state index in [1.165, 1.54) is 25.7 Å². The largest absolute Gasteiger partial charge is 0.481 e. The maximum Gasteiger partial charge on any atom is 0.308 e. The molecule has 4 heteroatoms. The molecule has 3 rings (SSSR count). The zero-order chi connectivity index (χ0) is 13.4. The molecule has 2 bridgehead atoms. The summed E-state index contributed by atoms with van der Waals surface area (Å²) in [4.78, 5) is 25.2. The summed E-state index contributed by atoms with van der Waals surface area (Å²) in [6.07, 6.45) is 7.43. The first-order chi connectivity index (χ1) is 9.13. The summed E-state index contributed by atoms with van der Waals surface area (Å²) in [5.41, 5.74) is 0. The second-order valence-electron chi connectivity index (χ2n) is 6.66. The fourth-order valence-electron chi connectivity index (χ4n) is 4.39. The van der Waals surface area contributed by atoms with E-state index in [0.29, 0.717) is 25.3 Å². The zero-order valence-electron chi connectivity index (χ0n) is 11.4. The van der Waals surface area contributed by atoms with Crippen molar-refractivity contribution in [1.29, 1.82) is 0 Å². The summed E-state index contributed by atoms with van der Waals surface area (Å²) in [6, 6.07) is 0. The van der Waals surface area contributed by atoms with E-state index in [-0.39, 0.29) is 11.8 Å². The lowest BCUT2D eigenvalue weighted by Gasteiger charge is -2.32. The maximum absolute atomic E-state index is 12.3. The molecule has 0 aromatic carbocycles. The predicted molar refractivity (Wildman–Crippen MR) is 70.5 cm³/mol. The number of piperidine rings is 1. The highest BCUT2D eigenvalue weighted by Gasteiger charge is 2.41. The van der Waals surface area contributed by atoms with Gasteiger partial charge in [-0.25, -0.2) is 0 Å². The first kappa shape index (κ1) is 12.9. The Morgan fingerprint density at radius 3 is 2.63 bits per heavy atom. The molecule has 4 nitrogen and oxygen atoms in total. The number of carboxylic acid groups (broad SMARTS) is 1. The second kappa shape index (κ2) is 5.14. The van der Waals surface area contributed by atoms with Crippen LogP contribution in [0.1, 0.15) is 44.9 Å². The third-order valence-corrected chi connectivity index (χ3v) is 5.44. The van der Waals surface area contributed by atoms with Crippen LogP contribution in [-0.2, 0) is 9.59 Å². The van der Waals surface area contributed by atoms with Gasteiger partial charge >= 0.3 is 5.97 Å². The Hall–Kier alpha value is -1.06. The van der Waals surface area contributed by atoms with Crippen LogP contribution in [0.2, 0.25) is 0 Å². The van der Waals surface area contributed by atoms with Crippen molar-refractivity contribution in [3.05, 3.63) is 0 Å². The number of fused-ring (bicyclic) bond motifs is 2. The summed E-state index contributed by atoms with van der Waals surface area (Å²) >= 11 is 0. The topological polar surface area (TPSA) is 57.6 Å². The van der Waals surface area contributed by atoms with Gasteiger partial charge < -0.3 is 10.0 Å². The lowest BCUT2D eigenvalue weighted by Crippen LogP contribution is -2.43. The number of carboxylic acids is 1. The van der Waals surface area contributed by atoms with Crippen molar-refractivity contribution >= 4 is 11.9 Å². The monoisotopic (exact) mass is 265 g/mol. The third kappa shape index (κ3) is 2.63. The fraction of sp³-hybridized carbons (Fsp3) is 0.867. The van der Waals surface area contributed by atoms with Crippen LogP contribution in [0.4, 0.5) is 0 Å². The van der Waals surface area contributed by atoms with E-state index >= 15 is 0 Å². The quantitative estimate of drug-likeness (QED) is 0.850. The number of hydrogen-bond acceptors (Lipinski definition) is 2. The predicted octanol–water partition coefficient (Wildman–Crippen LogP) is 2.14. The number of aliphatic carboxylic acids is 1. The number of nitrogens with zero attached hydrogens (tertiary/aromatic N) is 1. The van der Waals surface area contributed by atoms with Gasteiger partial charge in [-0.05, 0) is 49.9 Å². The minimum Gasteiger partial charge on any atom is -0.481 e. The highest BCUT2D eigenvalue weighted by molar-refractivity contribution is 5.78. The van der Waals surface area contributed by atoms with E-state index in [1.807, 2.05) is 0 Å².